The van der Waals surface area contributed by atoms with E-state index in [0.29, 0.717) is 76.6 Å². The first-order valence-corrected chi connectivity index (χ1v) is 40.6. The Hall–Kier alpha value is -20.7. The van der Waals surface area contributed by atoms with E-state index in [1.807, 2.05) is 18.2 Å². The van der Waals surface area contributed by atoms with Gasteiger partial charge in [-0.05, 0) is 130 Å². The summed E-state index contributed by atoms with van der Waals surface area (Å²) in [6.45, 7) is 29.6. The van der Waals surface area contributed by atoms with E-state index in [4.69, 9.17) is 43.6 Å². The van der Waals surface area contributed by atoms with Crippen LogP contribution in [0.5, 0.6) is 23.0 Å². The van der Waals surface area contributed by atoms with E-state index in [9.17, 15) is 44.7 Å². The Morgan fingerprint density at radius 1 is 0.350 bits per heavy atom. The fraction of sp³-hybridized carbons (Fsp3) is 0.0105. The molecule has 19 rings (SSSR count). The highest BCUT2D eigenvalue weighted by atomic mass is 35.5. The number of benzene rings is 11. The lowest BCUT2D eigenvalue weighted by atomic mass is 10.0. The van der Waals surface area contributed by atoms with Gasteiger partial charge in [0.15, 0.2) is 52.1 Å². The summed E-state index contributed by atoms with van der Waals surface area (Å²) in [5, 5.41) is 125. The predicted molar refractivity (Wildman–Crippen MR) is 503 cm³/mol. The van der Waals surface area contributed by atoms with Crippen molar-refractivity contribution in [3.8, 4) is 46.7 Å². The molecule has 42 heteroatoms. The van der Waals surface area contributed by atoms with Gasteiger partial charge in [-0.25, -0.2) is 54.0 Å². The molecule has 0 saturated heterocycles. The zero-order valence-corrected chi connectivity index (χ0v) is 71.1. The number of para-hydroxylation sites is 1. The minimum absolute atomic E-state index is 0.00269. The highest BCUT2D eigenvalue weighted by Gasteiger charge is 2.27. The predicted octanol–water partition coefficient (Wildman–Crippen LogP) is 21.0. The van der Waals surface area contributed by atoms with Gasteiger partial charge in [0.2, 0.25) is 0 Å². The van der Waals surface area contributed by atoms with Crippen molar-refractivity contribution < 1.29 is 44.7 Å². The first-order chi connectivity index (χ1) is 66.9. The second kappa shape index (κ2) is 41.2. The van der Waals surface area contributed by atoms with Crippen molar-refractivity contribution in [2.24, 2.45) is 46.6 Å². The molecule has 0 aliphatic carbocycles. The van der Waals surface area contributed by atoms with E-state index < -0.39 is 29.4 Å². The molecule has 10 N–H and O–H groups in total. The van der Waals surface area contributed by atoms with Crippen LogP contribution in [0.4, 0.5) is 85.8 Å². The van der Waals surface area contributed by atoms with Crippen molar-refractivity contribution in [3.63, 3.8) is 0 Å². The van der Waals surface area contributed by atoms with Crippen LogP contribution < -0.4 is 21.7 Å². The lowest BCUT2D eigenvalue weighted by Crippen LogP contribution is -2.12. The third-order valence-electron chi connectivity index (χ3n) is 19.9. The lowest BCUT2D eigenvalue weighted by molar-refractivity contribution is 0.0993. The number of hydrogen-bond donors (Lipinski definition) is 9. The standard InChI is InChI=1S/C26H18N8O3.C25H15ClN8O2.C25H16N8O2.C19H12N8O2/c1-27-21-14-30-34(26-28-11-4-12-29-26)24(21)33-32-22-19-6-3-2-5-17(19)13-20(23(22)36)25(37)31-18-9-7-16(15-35)8-10-18;1-27-20-14-30-34(25-28-11-4-12-29-25)23(20)33-32-21-18-6-3-2-5-15(18)13-19(22(21)35)24(36)31-17-9-7-16(26)8-10-17;1-26-20-15-28-33(21-12-7-13-27-30-21)24(20)32-31-22-18-11-6-5-8-16(18)14-19(23(22)34)25(35)29-17-9-3-2-4-10-17;1-21-14-10-24-27(19-22-7-4-8-23-19)18(14)26-25-15-12-6-3-2-5-11(12)9-13(16(15)28)17(20)29/h2-14,35-36H,15H2,(H,31,37);2-14,35H,(H,31,36);2-15,34H,(H,29,35);2-10,28H,(H2,20,29). The van der Waals surface area contributed by atoms with E-state index in [2.05, 4.69) is 137 Å². The van der Waals surface area contributed by atoms with E-state index in [0.717, 1.165) is 0 Å². The number of nitrogens with two attached hydrogens (primary N) is 1. The number of carbonyl (C=O) groups is 4. The van der Waals surface area contributed by atoms with Crippen molar-refractivity contribution in [1.82, 2.24) is 79.2 Å². The number of rotatable bonds is 20. The molecule has 0 fully saturated rings. The number of phenols is 4. The first-order valence-electron chi connectivity index (χ1n) is 40.2. The number of aromatic hydroxyl groups is 4. The second-order valence-electron chi connectivity index (χ2n) is 28.4. The van der Waals surface area contributed by atoms with Gasteiger partial charge in [0.25, 0.3) is 64.2 Å². The molecule has 0 radical (unpaired) electrons. The summed E-state index contributed by atoms with van der Waals surface area (Å²) >= 11 is 5.92. The van der Waals surface area contributed by atoms with Crippen LogP contribution in [0.3, 0.4) is 0 Å². The van der Waals surface area contributed by atoms with Gasteiger partial charge in [0.05, 0.1) is 79.9 Å². The third-order valence-corrected chi connectivity index (χ3v) is 20.1. The van der Waals surface area contributed by atoms with Gasteiger partial charge >= 0.3 is 0 Å². The SMILES string of the molecule is [C-]#[N+]c1cnn(-c2cccnn2)c1N=Nc1c(O)c(C(=O)Nc2ccccc2)cc2ccccc12.[C-]#[N+]c1cnn(-c2ncccn2)c1N=Nc1c(O)c(C(=O)Nc2ccc(CO)cc2)cc2ccccc12.[C-]#[N+]c1cnn(-c2ncccn2)c1N=Nc1c(O)c(C(=O)Nc2ccc(Cl)cc2)cc2ccccc12.[C-]#[N+]c1cnn(-c2ncccn2)c1N=Nc1c(O)c(C(N)=O)cc2ccccc12. The minimum atomic E-state index is -0.797. The zero-order valence-electron chi connectivity index (χ0n) is 70.3. The molecule has 19 aromatic rings. The molecule has 662 valence electrons. The van der Waals surface area contributed by atoms with E-state index >= 15 is 0 Å². The number of primary amides is 1. The molecule has 0 spiro atoms. The highest BCUT2D eigenvalue weighted by Crippen LogP contribution is 2.47. The summed E-state index contributed by atoms with van der Waals surface area (Å²) in [5.41, 5.74) is 8.35. The number of nitrogens with one attached hydrogen (secondary N) is 3. The van der Waals surface area contributed by atoms with Crippen molar-refractivity contribution >= 4 is 164 Å². The van der Waals surface area contributed by atoms with Crippen molar-refractivity contribution in [2.75, 3.05) is 16.0 Å². The quantitative estimate of drug-likeness (QED) is 0.0253. The number of nitrogens with zero attached hydrogens (tertiary/aromatic N) is 28. The number of phenolic OH excluding ortho intramolecular Hbond substituents is 3. The zero-order chi connectivity index (χ0) is 95.4. The fourth-order valence-electron chi connectivity index (χ4n) is 13.4. The second-order valence-corrected chi connectivity index (χ2v) is 28.8. The molecule has 0 saturated carbocycles. The van der Waals surface area contributed by atoms with E-state index in [-0.39, 0.29) is 133 Å². The van der Waals surface area contributed by atoms with Gasteiger partial charge < -0.3 is 47.2 Å². The number of aliphatic hydroxyl groups is 1. The van der Waals surface area contributed by atoms with Crippen LogP contribution in [0.15, 0.2) is 340 Å². The normalized spacial score (nSPS) is 11.0. The lowest BCUT2D eigenvalue weighted by Gasteiger charge is -2.11. The summed E-state index contributed by atoms with van der Waals surface area (Å²) in [7, 11) is 0. The third kappa shape index (κ3) is 19.8. The average molecular weight is 1830 g/mol. The summed E-state index contributed by atoms with van der Waals surface area (Å²) in [6, 6.07) is 65.1. The molecular formula is C95H61ClN32O9. The Bertz CT molecular complexity index is 8140. The highest BCUT2D eigenvalue weighted by molar-refractivity contribution is 6.30. The molecule has 0 bridgehead atoms. The minimum Gasteiger partial charge on any atom is -0.505 e. The largest absolute Gasteiger partial charge is 0.505 e. The maximum Gasteiger partial charge on any atom is 0.259 e. The molecule has 137 heavy (non-hydrogen) atoms. The Kier molecular flexibility index (Phi) is 27.0. The van der Waals surface area contributed by atoms with Crippen molar-refractivity contribution in [1.29, 1.82) is 0 Å². The molecule has 4 amide bonds. The number of anilines is 3. The number of aliphatic hydroxyl groups excluding tert-OH is 1. The summed E-state index contributed by atoms with van der Waals surface area (Å²) < 4.78 is 5.12. The van der Waals surface area contributed by atoms with Gasteiger partial charge in [0.1, 0.15) is 22.7 Å². The van der Waals surface area contributed by atoms with Crippen LogP contribution >= 0.6 is 11.6 Å². The monoisotopic (exact) mass is 1830 g/mol. The van der Waals surface area contributed by atoms with Crippen LogP contribution in [-0.4, -0.2) is 128 Å². The van der Waals surface area contributed by atoms with Crippen LogP contribution in [-0.2, 0) is 6.61 Å². The maximum absolute atomic E-state index is 13.1. The Labute approximate surface area is 777 Å². The van der Waals surface area contributed by atoms with Gasteiger partial charge in [-0.15, -0.1) is 46.0 Å². The number of halogens is 1. The molecule has 0 aliphatic rings. The molecule has 8 aromatic heterocycles. The Morgan fingerprint density at radius 3 is 0.971 bits per heavy atom. The number of azo groups is 4. The smallest absolute Gasteiger partial charge is 0.259 e. The summed E-state index contributed by atoms with van der Waals surface area (Å²) in [4.78, 5) is 89.3. The Balaban J connectivity index is 0.000000133. The molecule has 11 aromatic carbocycles. The summed E-state index contributed by atoms with van der Waals surface area (Å²) in [5.74, 6) is -2.57. The molecule has 0 atom stereocenters. The van der Waals surface area contributed by atoms with Gasteiger partial charge in [0, 0.05) is 87.0 Å². The van der Waals surface area contributed by atoms with E-state index in [1.165, 1.54) is 93.0 Å². The molecule has 41 nitrogen and oxygen atoms in total. The van der Waals surface area contributed by atoms with E-state index in [1.54, 1.807) is 206 Å². The van der Waals surface area contributed by atoms with Crippen molar-refractivity contribution in [2.45, 2.75) is 6.61 Å². The van der Waals surface area contributed by atoms with Crippen LogP contribution in [0.2, 0.25) is 5.02 Å². The summed E-state index contributed by atoms with van der Waals surface area (Å²) in [6.07, 6.45) is 16.0. The van der Waals surface area contributed by atoms with Gasteiger partial charge in [-0.2, -0.15) is 39.5 Å². The van der Waals surface area contributed by atoms with Crippen LogP contribution in [0, 0.1) is 26.3 Å². The molecule has 8 heterocycles. The van der Waals surface area contributed by atoms with Gasteiger partial charge in [-0.3, -0.25) is 19.2 Å². The topological polar surface area (TPSA) is 522 Å². The van der Waals surface area contributed by atoms with Crippen molar-refractivity contribution in [3.05, 3.63) is 377 Å². The molecular weight excluding hydrogens is 1770 g/mol. The maximum atomic E-state index is 13.1. The number of carbonyl (C=O) groups excluding carboxylic acids is 4. The fourth-order valence-corrected chi connectivity index (χ4v) is 13.5. The van der Waals surface area contributed by atoms with Gasteiger partial charge in [-0.1, -0.05) is 139 Å². The first kappa shape index (κ1) is 89.7. The average Bonchev–Trinajstić information content (AvgIpc) is 1.22. The Morgan fingerprint density at radius 2 is 0.650 bits per heavy atom. The number of aromatic nitrogens is 16. The molecule has 0 aliphatic heterocycles. The van der Waals surface area contributed by atoms with Crippen LogP contribution in [0.25, 0.3) is 86.1 Å². The van der Waals surface area contributed by atoms with Crippen LogP contribution in [0.1, 0.15) is 47.0 Å². The number of hydrogen-bond acceptors (Lipinski definition) is 29. The number of fused-ring (bicyclic) bond motifs is 4. The molecule has 0 unspecified atom stereocenters. The number of amides is 4.